The summed E-state index contributed by atoms with van der Waals surface area (Å²) in [6.07, 6.45) is 1.59. The van der Waals surface area contributed by atoms with Crippen molar-refractivity contribution in [1.29, 1.82) is 0 Å². The Morgan fingerprint density at radius 1 is 1.14 bits per heavy atom. The van der Waals surface area contributed by atoms with Gasteiger partial charge in [-0.25, -0.2) is 9.67 Å². The van der Waals surface area contributed by atoms with E-state index in [9.17, 15) is 9.59 Å². The second-order valence-corrected chi connectivity index (χ2v) is 8.51. The van der Waals surface area contributed by atoms with Gasteiger partial charge in [-0.1, -0.05) is 35.5 Å². The number of amides is 1. The quantitative estimate of drug-likeness (QED) is 0.457. The van der Waals surface area contributed by atoms with E-state index in [0.29, 0.717) is 48.2 Å². The average molecular weight is 475 g/mol. The van der Waals surface area contributed by atoms with Crippen molar-refractivity contribution in [2.75, 3.05) is 27.3 Å². The summed E-state index contributed by atoms with van der Waals surface area (Å²) in [4.78, 5) is 35.5. The van der Waals surface area contributed by atoms with E-state index in [2.05, 4.69) is 15.3 Å². The summed E-state index contributed by atoms with van der Waals surface area (Å²) in [5, 5.41) is 8.18. The summed E-state index contributed by atoms with van der Waals surface area (Å²) >= 11 is 0. The number of carbonyl (C=O) groups excluding carboxylic acids is 1. The lowest BCUT2D eigenvalue weighted by Gasteiger charge is -2.32. The first-order valence-electron chi connectivity index (χ1n) is 11.5. The second kappa shape index (κ2) is 9.57. The molecule has 10 heteroatoms. The number of nitrogens with one attached hydrogen (secondary N) is 1. The van der Waals surface area contributed by atoms with E-state index < -0.39 is 0 Å². The number of carbonyl (C=O) groups is 1. The minimum atomic E-state index is -0.329. The number of nitrogens with zero attached hydrogens (tertiary/aromatic N) is 5. The number of ether oxygens (including phenoxy) is 2. The number of aromatic nitrogens is 5. The van der Waals surface area contributed by atoms with Gasteiger partial charge in [0.15, 0.2) is 11.2 Å². The molecule has 1 aliphatic heterocycles. The van der Waals surface area contributed by atoms with Crippen LogP contribution >= 0.6 is 0 Å². The summed E-state index contributed by atoms with van der Waals surface area (Å²) in [5.74, 6) is 1.37. The van der Waals surface area contributed by atoms with Gasteiger partial charge >= 0.3 is 0 Å². The lowest BCUT2D eigenvalue weighted by atomic mass is 9.96. The highest BCUT2D eigenvalue weighted by molar-refractivity contribution is 5.97. The standard InChI is InChI=1S/C25H26N6O4/c1-34-18-10-11-19(20(13-18)35-2)25(33)30-12-6-9-17(15-30)22-26-23-21(24(32)27-22)28-29-31(23)14-16-7-4-3-5-8-16/h3-5,7-8,10-11,13,17H,6,9,12,14-15H2,1-2H3,(H,26,27,32)/t17-/m1/s1. The van der Waals surface area contributed by atoms with Gasteiger partial charge in [0.25, 0.3) is 11.5 Å². The fraction of sp³-hybridized carbons (Fsp3) is 0.320. The normalized spacial score (nSPS) is 15.8. The first-order chi connectivity index (χ1) is 17.1. The van der Waals surface area contributed by atoms with Crippen LogP contribution in [0.25, 0.3) is 11.2 Å². The van der Waals surface area contributed by atoms with E-state index >= 15 is 0 Å². The molecular formula is C25H26N6O4. The van der Waals surface area contributed by atoms with Gasteiger partial charge in [-0.15, -0.1) is 5.10 Å². The van der Waals surface area contributed by atoms with Gasteiger partial charge in [0.2, 0.25) is 0 Å². The van der Waals surface area contributed by atoms with Gasteiger partial charge in [-0.3, -0.25) is 9.59 Å². The Morgan fingerprint density at radius 3 is 2.74 bits per heavy atom. The maximum atomic E-state index is 13.3. The number of hydrogen-bond donors (Lipinski definition) is 1. The van der Waals surface area contributed by atoms with Crippen molar-refractivity contribution >= 4 is 17.1 Å². The highest BCUT2D eigenvalue weighted by Crippen LogP contribution is 2.30. The van der Waals surface area contributed by atoms with Gasteiger partial charge in [0.05, 0.1) is 26.3 Å². The van der Waals surface area contributed by atoms with Crippen LogP contribution in [0.3, 0.4) is 0 Å². The minimum Gasteiger partial charge on any atom is -0.497 e. The molecule has 2 aromatic heterocycles. The minimum absolute atomic E-state index is 0.117. The predicted octanol–water partition coefficient (Wildman–Crippen LogP) is 2.60. The molecular weight excluding hydrogens is 448 g/mol. The number of piperidine rings is 1. The summed E-state index contributed by atoms with van der Waals surface area (Å²) < 4.78 is 12.3. The molecule has 1 N–H and O–H groups in total. The predicted molar refractivity (Wildman–Crippen MR) is 129 cm³/mol. The highest BCUT2D eigenvalue weighted by atomic mass is 16.5. The van der Waals surface area contributed by atoms with Crippen LogP contribution in [0.15, 0.2) is 53.3 Å². The highest BCUT2D eigenvalue weighted by Gasteiger charge is 2.29. The van der Waals surface area contributed by atoms with E-state index in [0.717, 1.165) is 18.4 Å². The zero-order valence-electron chi connectivity index (χ0n) is 19.6. The first kappa shape index (κ1) is 22.6. The van der Waals surface area contributed by atoms with Crippen LogP contribution in [-0.4, -0.2) is 63.1 Å². The second-order valence-electron chi connectivity index (χ2n) is 8.51. The summed E-state index contributed by atoms with van der Waals surface area (Å²) in [6, 6.07) is 15.0. The molecule has 3 heterocycles. The number of aromatic amines is 1. The molecule has 0 bridgehead atoms. The molecule has 0 unspecified atom stereocenters. The number of rotatable bonds is 6. The summed E-state index contributed by atoms with van der Waals surface area (Å²) in [6.45, 7) is 1.51. The molecule has 1 aliphatic rings. The topological polar surface area (TPSA) is 115 Å². The Hall–Kier alpha value is -4.21. The molecule has 35 heavy (non-hydrogen) atoms. The Labute approximate surface area is 201 Å². The molecule has 2 aromatic carbocycles. The fourth-order valence-corrected chi connectivity index (χ4v) is 4.47. The fourth-order valence-electron chi connectivity index (χ4n) is 4.47. The lowest BCUT2D eigenvalue weighted by Crippen LogP contribution is -2.40. The van der Waals surface area contributed by atoms with Crippen LogP contribution in [0, 0.1) is 0 Å². The van der Waals surface area contributed by atoms with Crippen molar-refractivity contribution in [2.45, 2.75) is 25.3 Å². The van der Waals surface area contributed by atoms with Gasteiger partial charge < -0.3 is 19.4 Å². The number of benzene rings is 2. The van der Waals surface area contributed by atoms with Gasteiger partial charge in [-0.05, 0) is 30.5 Å². The number of H-pyrrole nitrogens is 1. The van der Waals surface area contributed by atoms with E-state index in [1.54, 1.807) is 34.9 Å². The molecule has 1 saturated heterocycles. The van der Waals surface area contributed by atoms with Crippen molar-refractivity contribution in [3.05, 3.63) is 75.8 Å². The van der Waals surface area contributed by atoms with Crippen molar-refractivity contribution in [2.24, 2.45) is 0 Å². The zero-order chi connectivity index (χ0) is 24.4. The van der Waals surface area contributed by atoms with Crippen LogP contribution in [0.5, 0.6) is 11.5 Å². The number of fused-ring (bicyclic) bond motifs is 1. The third kappa shape index (κ3) is 4.46. The van der Waals surface area contributed by atoms with Crippen LogP contribution in [-0.2, 0) is 6.54 Å². The maximum Gasteiger partial charge on any atom is 0.281 e. The van der Waals surface area contributed by atoms with Crippen LogP contribution in [0.1, 0.15) is 40.5 Å². The van der Waals surface area contributed by atoms with Crippen molar-refractivity contribution < 1.29 is 14.3 Å². The smallest absolute Gasteiger partial charge is 0.281 e. The zero-order valence-corrected chi connectivity index (χ0v) is 19.6. The molecule has 1 amide bonds. The van der Waals surface area contributed by atoms with Crippen LogP contribution in [0.2, 0.25) is 0 Å². The monoisotopic (exact) mass is 474 g/mol. The van der Waals surface area contributed by atoms with Crippen LogP contribution in [0.4, 0.5) is 0 Å². The van der Waals surface area contributed by atoms with E-state index in [-0.39, 0.29) is 22.9 Å². The van der Waals surface area contributed by atoms with Gasteiger partial charge in [-0.2, -0.15) is 0 Å². The molecule has 5 rings (SSSR count). The summed E-state index contributed by atoms with van der Waals surface area (Å²) in [5.41, 5.74) is 1.82. The van der Waals surface area contributed by atoms with E-state index in [1.165, 1.54) is 7.11 Å². The van der Waals surface area contributed by atoms with Gasteiger partial charge in [0, 0.05) is 25.1 Å². The van der Waals surface area contributed by atoms with Crippen LogP contribution < -0.4 is 15.0 Å². The van der Waals surface area contributed by atoms with Gasteiger partial charge in [0.1, 0.15) is 17.3 Å². The Morgan fingerprint density at radius 2 is 1.97 bits per heavy atom. The number of hydrogen-bond acceptors (Lipinski definition) is 7. The largest absolute Gasteiger partial charge is 0.497 e. The first-order valence-corrected chi connectivity index (χ1v) is 11.5. The van der Waals surface area contributed by atoms with Crippen molar-refractivity contribution in [1.82, 2.24) is 29.9 Å². The Balaban J connectivity index is 1.42. The molecule has 0 aliphatic carbocycles. The maximum absolute atomic E-state index is 13.3. The van der Waals surface area contributed by atoms with Crippen molar-refractivity contribution in [3.63, 3.8) is 0 Å². The van der Waals surface area contributed by atoms with E-state index in [1.807, 2.05) is 30.3 Å². The summed E-state index contributed by atoms with van der Waals surface area (Å²) in [7, 11) is 3.10. The van der Waals surface area contributed by atoms with E-state index in [4.69, 9.17) is 14.5 Å². The molecule has 0 saturated carbocycles. The molecule has 0 spiro atoms. The number of likely N-dealkylation sites (tertiary alicyclic amines) is 1. The molecule has 0 radical (unpaired) electrons. The third-order valence-electron chi connectivity index (χ3n) is 6.30. The molecule has 1 fully saturated rings. The molecule has 10 nitrogen and oxygen atoms in total. The molecule has 4 aromatic rings. The SMILES string of the molecule is COc1ccc(C(=O)N2CCC[C@@H](c3nc4c(nnn4Cc4ccccc4)c(=O)[nH]3)C2)c(OC)c1. The average Bonchev–Trinajstić information content (AvgIpc) is 3.31. The Kier molecular flexibility index (Phi) is 6.17. The Bertz CT molecular complexity index is 1410. The third-order valence-corrected chi connectivity index (χ3v) is 6.30. The number of methoxy groups -OCH3 is 2. The molecule has 180 valence electrons. The lowest BCUT2D eigenvalue weighted by molar-refractivity contribution is 0.0701. The molecule has 1 atom stereocenters. The van der Waals surface area contributed by atoms with Crippen molar-refractivity contribution in [3.8, 4) is 11.5 Å².